The largest absolute Gasteiger partial charge is 0.299 e. The maximum absolute atomic E-state index is 14.7. The molecule has 10 atom stereocenters. The van der Waals surface area contributed by atoms with Gasteiger partial charge < -0.3 is 0 Å². The molecule has 0 N–H and O–H groups in total. The highest BCUT2D eigenvalue weighted by atomic mass is 16.1. The van der Waals surface area contributed by atoms with E-state index in [1.807, 2.05) is 0 Å². The molecule has 6 rings (SSSR count). The van der Waals surface area contributed by atoms with E-state index >= 15 is 0 Å². The first-order chi connectivity index (χ1) is 14.9. The van der Waals surface area contributed by atoms with Crippen molar-refractivity contribution in [2.24, 2.45) is 69.0 Å². The molecule has 6 fully saturated rings. The van der Waals surface area contributed by atoms with Crippen molar-refractivity contribution in [2.45, 2.75) is 92.9 Å². The highest BCUT2D eigenvalue weighted by Gasteiger charge is 2.72. The number of Topliss-reactive ketones (excluding diaryl/α,β-unsaturated/α-hetero) is 1. The number of carbonyl (C=O) groups is 1. The van der Waals surface area contributed by atoms with Crippen molar-refractivity contribution in [3.8, 4) is 0 Å². The van der Waals surface area contributed by atoms with E-state index in [1.54, 1.807) is 0 Å². The van der Waals surface area contributed by atoms with Crippen LogP contribution >= 0.6 is 0 Å². The van der Waals surface area contributed by atoms with E-state index in [2.05, 4.69) is 54.7 Å². The second-order valence-corrected chi connectivity index (χ2v) is 14.8. The molecular weight excluding hydrogens is 388 g/mol. The van der Waals surface area contributed by atoms with E-state index in [9.17, 15) is 4.79 Å². The summed E-state index contributed by atoms with van der Waals surface area (Å²) in [5.74, 6) is 4.98. The average Bonchev–Trinajstić information content (AvgIpc) is 3.30. The third kappa shape index (κ3) is 2.26. The summed E-state index contributed by atoms with van der Waals surface area (Å²) in [4.78, 5) is 14.7. The zero-order valence-electron chi connectivity index (χ0n) is 21.6. The minimum Gasteiger partial charge on any atom is -0.299 e. The van der Waals surface area contributed by atoms with Gasteiger partial charge in [-0.3, -0.25) is 4.79 Å². The fourth-order valence-electron chi connectivity index (χ4n) is 12.1. The van der Waals surface area contributed by atoms with Gasteiger partial charge in [-0.2, -0.15) is 0 Å². The summed E-state index contributed by atoms with van der Waals surface area (Å²) in [5.41, 5.74) is 4.18. The molecule has 6 aliphatic carbocycles. The maximum Gasteiger partial charge on any atom is 0.139 e. The van der Waals surface area contributed by atoms with Crippen molar-refractivity contribution in [2.75, 3.05) is 0 Å². The van der Waals surface area contributed by atoms with Gasteiger partial charge in [-0.25, -0.2) is 0 Å². The first-order valence-corrected chi connectivity index (χ1v) is 13.8. The highest BCUT2D eigenvalue weighted by molar-refractivity contribution is 5.85. The van der Waals surface area contributed by atoms with Crippen LogP contribution in [0.15, 0.2) is 24.3 Å². The predicted octanol–water partition coefficient (Wildman–Crippen LogP) is 7.86. The Morgan fingerprint density at radius 1 is 0.750 bits per heavy atom. The molecule has 0 radical (unpaired) electrons. The average molecular weight is 435 g/mol. The quantitative estimate of drug-likeness (QED) is 0.404. The third-order valence-corrected chi connectivity index (χ3v) is 13.3. The predicted molar refractivity (Wildman–Crippen MR) is 132 cm³/mol. The number of fused-ring (bicyclic) bond motifs is 2. The van der Waals surface area contributed by atoms with Crippen molar-refractivity contribution in [1.82, 2.24) is 0 Å². The van der Waals surface area contributed by atoms with E-state index in [0.29, 0.717) is 52.1 Å². The molecule has 1 heteroatoms. The van der Waals surface area contributed by atoms with Crippen LogP contribution in [0.1, 0.15) is 92.9 Å². The first kappa shape index (κ1) is 21.7. The summed E-state index contributed by atoms with van der Waals surface area (Å²) in [6.45, 7) is 24.0. The van der Waals surface area contributed by atoms with Gasteiger partial charge in [-0.1, -0.05) is 65.8 Å². The Hall–Kier alpha value is -0.850. The van der Waals surface area contributed by atoms with Crippen LogP contribution in [0.25, 0.3) is 0 Å². The molecule has 0 aromatic rings. The van der Waals surface area contributed by atoms with E-state index < -0.39 is 0 Å². The lowest BCUT2D eigenvalue weighted by Gasteiger charge is -2.41. The van der Waals surface area contributed by atoms with Crippen LogP contribution in [0, 0.1) is 69.0 Å². The van der Waals surface area contributed by atoms with Crippen molar-refractivity contribution in [3.63, 3.8) is 0 Å². The Bertz CT molecular complexity index is 833. The van der Waals surface area contributed by atoms with Gasteiger partial charge in [0.1, 0.15) is 5.78 Å². The molecule has 6 saturated carbocycles. The number of ketones is 1. The molecule has 0 aliphatic heterocycles. The third-order valence-electron chi connectivity index (χ3n) is 13.3. The standard InChI is InChI=1S/C31H46O/c1-17-9-11-30-15-23(17)28(5,6)26(30)21(13-19(30)3)25(32)22-14-20(4)31-12-10-18(2)24(16-31)29(7,8)27(22)31/h19-24,26-27H,1-2,9-16H2,3-8H3. The van der Waals surface area contributed by atoms with Crippen molar-refractivity contribution in [1.29, 1.82) is 0 Å². The normalized spacial score (nSPS) is 54.6. The summed E-state index contributed by atoms with van der Waals surface area (Å²) < 4.78 is 0. The van der Waals surface area contributed by atoms with Gasteiger partial charge in [0.25, 0.3) is 0 Å². The minimum atomic E-state index is 0.218. The zero-order valence-corrected chi connectivity index (χ0v) is 21.6. The molecule has 0 amide bonds. The van der Waals surface area contributed by atoms with Crippen LogP contribution in [0.2, 0.25) is 0 Å². The van der Waals surface area contributed by atoms with E-state index in [0.717, 1.165) is 12.8 Å². The van der Waals surface area contributed by atoms with Crippen LogP contribution in [0.5, 0.6) is 0 Å². The Balaban J connectivity index is 1.39. The summed E-state index contributed by atoms with van der Waals surface area (Å²) >= 11 is 0. The number of hydrogen-bond donors (Lipinski definition) is 0. The maximum atomic E-state index is 14.7. The second kappa shape index (κ2) is 6.23. The summed E-state index contributed by atoms with van der Waals surface area (Å²) in [6, 6.07) is 0. The lowest BCUT2D eigenvalue weighted by molar-refractivity contribution is -0.133. The van der Waals surface area contributed by atoms with Crippen LogP contribution < -0.4 is 0 Å². The van der Waals surface area contributed by atoms with E-state index in [1.165, 1.54) is 49.7 Å². The Labute approximate surface area is 196 Å². The van der Waals surface area contributed by atoms with E-state index in [4.69, 9.17) is 0 Å². The molecule has 10 unspecified atom stereocenters. The minimum absolute atomic E-state index is 0.218. The Kier molecular flexibility index (Phi) is 4.22. The van der Waals surface area contributed by atoms with Gasteiger partial charge in [0.05, 0.1) is 0 Å². The molecule has 6 aliphatic rings. The van der Waals surface area contributed by atoms with Crippen LogP contribution in [-0.2, 0) is 4.79 Å². The molecule has 0 heterocycles. The van der Waals surface area contributed by atoms with Gasteiger partial charge in [-0.05, 0) is 109 Å². The fourth-order valence-corrected chi connectivity index (χ4v) is 12.1. The monoisotopic (exact) mass is 434 g/mol. The summed E-state index contributed by atoms with van der Waals surface area (Å²) in [7, 11) is 0. The smallest absolute Gasteiger partial charge is 0.139 e. The zero-order chi connectivity index (χ0) is 23.0. The van der Waals surface area contributed by atoms with Gasteiger partial charge in [-0.15, -0.1) is 0 Å². The number of rotatable bonds is 2. The molecule has 0 aromatic carbocycles. The molecule has 0 aromatic heterocycles. The van der Waals surface area contributed by atoms with Crippen molar-refractivity contribution < 1.29 is 4.79 Å². The fraction of sp³-hybridized carbons (Fsp3) is 0.839. The molecule has 32 heavy (non-hydrogen) atoms. The van der Waals surface area contributed by atoms with Gasteiger partial charge in [0.2, 0.25) is 0 Å². The van der Waals surface area contributed by atoms with E-state index in [-0.39, 0.29) is 22.7 Å². The van der Waals surface area contributed by atoms with Gasteiger partial charge >= 0.3 is 0 Å². The van der Waals surface area contributed by atoms with Crippen LogP contribution in [0.3, 0.4) is 0 Å². The highest BCUT2D eigenvalue weighted by Crippen LogP contribution is 2.77. The number of allylic oxidation sites excluding steroid dienone is 2. The summed E-state index contributed by atoms with van der Waals surface area (Å²) in [6.07, 6.45) is 9.84. The topological polar surface area (TPSA) is 17.1 Å². The Morgan fingerprint density at radius 2 is 1.12 bits per heavy atom. The second-order valence-electron chi connectivity index (χ2n) is 14.8. The lowest BCUT2D eigenvalue weighted by Crippen LogP contribution is -2.41. The molecule has 0 saturated heterocycles. The van der Waals surface area contributed by atoms with Gasteiger partial charge in [0, 0.05) is 11.8 Å². The van der Waals surface area contributed by atoms with Gasteiger partial charge in [0.15, 0.2) is 0 Å². The van der Waals surface area contributed by atoms with Crippen LogP contribution in [0.4, 0.5) is 0 Å². The lowest BCUT2D eigenvalue weighted by atomic mass is 9.62. The molecule has 176 valence electrons. The SMILES string of the molecule is C=C1CCC23CC1C(C)(C)C2C(C(=O)C1CC(C)C24CCC(=C)C(C2)C(C)(C)C14)CC3C. The number of hydrogen-bond acceptors (Lipinski definition) is 1. The summed E-state index contributed by atoms with van der Waals surface area (Å²) in [5, 5.41) is 0. The van der Waals surface area contributed by atoms with Crippen LogP contribution in [-0.4, -0.2) is 5.78 Å². The Morgan fingerprint density at radius 3 is 1.50 bits per heavy atom. The molecule has 1 nitrogen and oxygen atoms in total. The molecular formula is C31H46O. The molecule has 4 bridgehead atoms. The first-order valence-electron chi connectivity index (χ1n) is 13.8. The van der Waals surface area contributed by atoms with Crippen molar-refractivity contribution >= 4 is 5.78 Å². The van der Waals surface area contributed by atoms with Crippen molar-refractivity contribution in [3.05, 3.63) is 24.3 Å². The number of carbonyl (C=O) groups excluding carboxylic acids is 1. The molecule has 2 spiro atoms.